The molecule has 0 aliphatic carbocycles. The number of hydrazine groups is 1. The number of nitrogens with one attached hydrogen (secondary N) is 2. The van der Waals surface area contributed by atoms with Crippen molar-refractivity contribution < 1.29 is 18.0 Å². The van der Waals surface area contributed by atoms with E-state index < -0.39 is 27.9 Å². The fourth-order valence-electron chi connectivity index (χ4n) is 3.94. The fraction of sp³-hybridized carbons (Fsp3) is 0.200. The quantitative estimate of drug-likeness (QED) is 0.586. The Morgan fingerprint density at radius 3 is 2.27 bits per heavy atom. The van der Waals surface area contributed by atoms with Gasteiger partial charge in [-0.15, -0.1) is 0 Å². The SMILES string of the molecule is CC1C(=O)N(NC(=O)[C@H](C)NS(=O)(=O)Cc2ccccc2)c2ccccc2-c2ccccc21. The molecule has 2 N–H and O–H groups in total. The molecule has 170 valence electrons. The molecule has 0 aromatic heterocycles. The molecule has 0 radical (unpaired) electrons. The van der Waals surface area contributed by atoms with Gasteiger partial charge in [-0.3, -0.25) is 15.0 Å². The number of carbonyl (C=O) groups is 2. The number of carbonyl (C=O) groups excluding carboxylic acids is 2. The lowest BCUT2D eigenvalue weighted by atomic mass is 9.92. The maximum absolute atomic E-state index is 13.3. The summed E-state index contributed by atoms with van der Waals surface area (Å²) in [6.07, 6.45) is 0. The van der Waals surface area contributed by atoms with Gasteiger partial charge in [-0.25, -0.2) is 18.1 Å². The van der Waals surface area contributed by atoms with Crippen LogP contribution in [0.4, 0.5) is 5.69 Å². The van der Waals surface area contributed by atoms with E-state index in [0.29, 0.717) is 11.3 Å². The van der Waals surface area contributed by atoms with Crippen LogP contribution in [0.1, 0.15) is 30.9 Å². The highest BCUT2D eigenvalue weighted by Crippen LogP contribution is 2.39. The Morgan fingerprint density at radius 2 is 1.55 bits per heavy atom. The molecule has 1 heterocycles. The Hall–Kier alpha value is -3.49. The third-order valence-electron chi connectivity index (χ3n) is 5.62. The van der Waals surface area contributed by atoms with Crippen molar-refractivity contribution in [1.29, 1.82) is 0 Å². The number of anilines is 1. The summed E-state index contributed by atoms with van der Waals surface area (Å²) in [5.41, 5.74) is 6.37. The zero-order chi connectivity index (χ0) is 23.6. The van der Waals surface area contributed by atoms with Crippen LogP contribution in [-0.2, 0) is 25.4 Å². The molecule has 1 aliphatic heterocycles. The predicted molar refractivity (Wildman–Crippen MR) is 128 cm³/mol. The average Bonchev–Trinajstić information content (AvgIpc) is 2.89. The molecule has 2 atom stereocenters. The summed E-state index contributed by atoms with van der Waals surface area (Å²) in [4.78, 5) is 26.3. The zero-order valence-electron chi connectivity index (χ0n) is 18.4. The summed E-state index contributed by atoms with van der Waals surface area (Å²) in [6.45, 7) is 3.24. The number of amides is 2. The van der Waals surface area contributed by atoms with Gasteiger partial charge in [0.1, 0.15) is 0 Å². The molecule has 0 spiro atoms. The first-order valence-corrected chi connectivity index (χ1v) is 12.3. The van der Waals surface area contributed by atoms with Gasteiger partial charge in [0, 0.05) is 5.56 Å². The molecule has 7 nitrogen and oxygen atoms in total. The van der Waals surface area contributed by atoms with Crippen LogP contribution in [-0.4, -0.2) is 26.3 Å². The number of nitrogens with zero attached hydrogens (tertiary/aromatic N) is 1. The van der Waals surface area contributed by atoms with Gasteiger partial charge in [0.15, 0.2) is 0 Å². The molecule has 0 saturated heterocycles. The van der Waals surface area contributed by atoms with Gasteiger partial charge >= 0.3 is 0 Å². The van der Waals surface area contributed by atoms with Crippen molar-refractivity contribution in [2.75, 3.05) is 5.01 Å². The summed E-state index contributed by atoms with van der Waals surface area (Å²) < 4.78 is 27.5. The van der Waals surface area contributed by atoms with E-state index in [9.17, 15) is 18.0 Å². The molecule has 33 heavy (non-hydrogen) atoms. The molecule has 3 aromatic carbocycles. The first-order chi connectivity index (χ1) is 15.8. The van der Waals surface area contributed by atoms with Gasteiger partial charge in [0.05, 0.1) is 23.4 Å². The van der Waals surface area contributed by atoms with Crippen molar-refractivity contribution in [1.82, 2.24) is 10.1 Å². The minimum atomic E-state index is -3.77. The third kappa shape index (κ3) is 4.81. The van der Waals surface area contributed by atoms with E-state index in [1.807, 2.05) is 36.4 Å². The minimum absolute atomic E-state index is 0.247. The first-order valence-electron chi connectivity index (χ1n) is 10.6. The second kappa shape index (κ2) is 9.17. The summed E-state index contributed by atoms with van der Waals surface area (Å²) in [7, 11) is -3.77. The summed E-state index contributed by atoms with van der Waals surface area (Å²) in [5, 5.41) is 1.23. The second-order valence-corrected chi connectivity index (χ2v) is 9.81. The normalized spacial score (nSPS) is 16.4. The van der Waals surface area contributed by atoms with Gasteiger partial charge in [-0.05, 0) is 36.6 Å². The summed E-state index contributed by atoms with van der Waals surface area (Å²) >= 11 is 0. The highest BCUT2D eigenvalue weighted by molar-refractivity contribution is 7.88. The van der Waals surface area contributed by atoms with E-state index in [1.165, 1.54) is 11.9 Å². The van der Waals surface area contributed by atoms with Crippen molar-refractivity contribution in [3.63, 3.8) is 0 Å². The Morgan fingerprint density at radius 1 is 0.939 bits per heavy atom. The van der Waals surface area contributed by atoms with E-state index in [4.69, 9.17) is 0 Å². The Kier molecular flexibility index (Phi) is 6.31. The highest BCUT2D eigenvalue weighted by Gasteiger charge is 2.33. The highest BCUT2D eigenvalue weighted by atomic mass is 32.2. The third-order valence-corrected chi connectivity index (χ3v) is 7.05. The lowest BCUT2D eigenvalue weighted by molar-refractivity contribution is -0.127. The molecular weight excluding hydrogens is 438 g/mol. The largest absolute Gasteiger partial charge is 0.272 e. The van der Waals surface area contributed by atoms with Crippen LogP contribution in [0, 0.1) is 0 Å². The second-order valence-electron chi connectivity index (χ2n) is 8.06. The van der Waals surface area contributed by atoms with Crippen molar-refractivity contribution in [2.45, 2.75) is 31.6 Å². The molecule has 0 bridgehead atoms. The fourth-order valence-corrected chi connectivity index (χ4v) is 5.30. The Bertz CT molecular complexity index is 1290. The van der Waals surface area contributed by atoms with E-state index in [-0.39, 0.29) is 11.7 Å². The van der Waals surface area contributed by atoms with Gasteiger partial charge in [-0.1, -0.05) is 72.8 Å². The monoisotopic (exact) mass is 463 g/mol. The van der Waals surface area contributed by atoms with E-state index in [1.54, 1.807) is 49.4 Å². The van der Waals surface area contributed by atoms with Gasteiger partial charge in [0.25, 0.3) is 11.8 Å². The molecule has 0 saturated carbocycles. The number of hydrogen-bond donors (Lipinski definition) is 2. The van der Waals surface area contributed by atoms with E-state index in [2.05, 4.69) is 10.1 Å². The maximum atomic E-state index is 13.3. The van der Waals surface area contributed by atoms with Crippen LogP contribution in [0.25, 0.3) is 11.1 Å². The molecule has 1 unspecified atom stereocenters. The topological polar surface area (TPSA) is 95.6 Å². The van der Waals surface area contributed by atoms with Crippen molar-refractivity contribution in [2.24, 2.45) is 0 Å². The maximum Gasteiger partial charge on any atom is 0.256 e. The molecule has 3 aromatic rings. The van der Waals surface area contributed by atoms with Gasteiger partial charge in [0.2, 0.25) is 10.0 Å². The number of hydrogen-bond acceptors (Lipinski definition) is 4. The summed E-state index contributed by atoms with van der Waals surface area (Å²) in [6, 6.07) is 22.6. The Labute approximate surface area is 193 Å². The smallest absolute Gasteiger partial charge is 0.256 e. The molecule has 0 fully saturated rings. The lowest BCUT2D eigenvalue weighted by Gasteiger charge is -2.27. The van der Waals surface area contributed by atoms with Crippen molar-refractivity contribution >= 4 is 27.5 Å². The number of benzene rings is 3. The van der Waals surface area contributed by atoms with Gasteiger partial charge < -0.3 is 0 Å². The van der Waals surface area contributed by atoms with E-state index in [0.717, 1.165) is 16.7 Å². The predicted octanol–water partition coefficient (Wildman–Crippen LogP) is 3.34. The van der Waals surface area contributed by atoms with Crippen LogP contribution >= 0.6 is 0 Å². The molecule has 8 heteroatoms. The van der Waals surface area contributed by atoms with Crippen molar-refractivity contribution in [3.8, 4) is 11.1 Å². The Balaban J connectivity index is 1.57. The number of sulfonamides is 1. The first kappa shape index (κ1) is 22.7. The van der Waals surface area contributed by atoms with Gasteiger partial charge in [-0.2, -0.15) is 0 Å². The zero-order valence-corrected chi connectivity index (χ0v) is 19.2. The van der Waals surface area contributed by atoms with Crippen LogP contribution in [0.15, 0.2) is 78.9 Å². The molecule has 4 rings (SSSR count). The average molecular weight is 464 g/mol. The lowest BCUT2D eigenvalue weighted by Crippen LogP contribution is -2.54. The summed E-state index contributed by atoms with van der Waals surface area (Å²) in [5.74, 6) is -1.68. The van der Waals surface area contributed by atoms with Crippen molar-refractivity contribution in [3.05, 3.63) is 90.0 Å². The molecule has 2 amide bonds. The molecule has 1 aliphatic rings. The standard InChI is InChI=1S/C25H25N3O4S/c1-17-20-12-6-7-13-21(20)22-14-8-9-15-23(22)28(25(17)30)26-24(29)18(2)27-33(31,32)16-19-10-4-3-5-11-19/h3-15,17-18,27H,16H2,1-2H3,(H,26,29)/t17?,18-/m0/s1. The number of para-hydroxylation sites is 1. The minimum Gasteiger partial charge on any atom is -0.272 e. The van der Waals surface area contributed by atoms with Crippen LogP contribution in [0.5, 0.6) is 0 Å². The number of rotatable bonds is 6. The van der Waals surface area contributed by atoms with E-state index >= 15 is 0 Å². The molecular formula is C25H25N3O4S. The van der Waals surface area contributed by atoms with Crippen LogP contribution in [0.3, 0.4) is 0 Å². The van der Waals surface area contributed by atoms with Crippen LogP contribution < -0.4 is 15.2 Å². The number of fused-ring (bicyclic) bond motifs is 3. The van der Waals surface area contributed by atoms with Crippen LogP contribution in [0.2, 0.25) is 0 Å².